The highest BCUT2D eigenvalue weighted by atomic mass is 32.2. The fourth-order valence-corrected chi connectivity index (χ4v) is 4.47. The number of benzene rings is 1. The fourth-order valence-electron chi connectivity index (χ4n) is 2.77. The van der Waals surface area contributed by atoms with Crippen molar-refractivity contribution in [1.29, 1.82) is 0 Å². The molecule has 0 bridgehead atoms. The first-order valence-corrected chi connectivity index (χ1v) is 12.3. The summed E-state index contributed by atoms with van der Waals surface area (Å²) in [5, 5.41) is 16.7. The van der Waals surface area contributed by atoms with Crippen LogP contribution in [-0.4, -0.2) is 70.3 Å². The molecule has 0 aliphatic carbocycles. The first-order valence-electron chi connectivity index (χ1n) is 8.39. The van der Waals surface area contributed by atoms with Crippen LogP contribution in [0.2, 0.25) is 0 Å². The number of rotatable bonds is 9. The van der Waals surface area contributed by atoms with Gasteiger partial charge in [-0.2, -0.15) is 5.10 Å². The van der Waals surface area contributed by atoms with Crippen LogP contribution in [0.5, 0.6) is 5.88 Å². The lowest BCUT2D eigenvalue weighted by molar-refractivity contribution is 0.103. The number of sulfone groups is 2. The molecule has 0 spiro atoms. The van der Waals surface area contributed by atoms with Gasteiger partial charge in [-0.05, 0) is 12.1 Å². The normalized spacial score (nSPS) is 12.1. The van der Waals surface area contributed by atoms with Gasteiger partial charge in [0.2, 0.25) is 5.88 Å². The largest absolute Gasteiger partial charge is 0.493 e. The minimum atomic E-state index is -3.74. The molecule has 0 radical (unpaired) electrons. The van der Waals surface area contributed by atoms with Crippen molar-refractivity contribution in [3.05, 3.63) is 35.0 Å². The van der Waals surface area contributed by atoms with E-state index in [2.05, 4.69) is 10.4 Å². The minimum Gasteiger partial charge on any atom is -0.493 e. The SMILES string of the molecule is COCCNc1c(S(C)(=O)=O)ccc(C(=O)c2cnn(C)c2O)c1CS(C)(=O)=O. The van der Waals surface area contributed by atoms with Crippen LogP contribution in [0.1, 0.15) is 21.5 Å². The average molecular weight is 446 g/mol. The number of hydrogen-bond acceptors (Lipinski definition) is 9. The van der Waals surface area contributed by atoms with Crippen LogP contribution in [-0.2, 0) is 37.2 Å². The molecule has 0 atom stereocenters. The van der Waals surface area contributed by atoms with Gasteiger partial charge in [0, 0.05) is 44.3 Å². The van der Waals surface area contributed by atoms with Crippen LogP contribution in [0.4, 0.5) is 5.69 Å². The van der Waals surface area contributed by atoms with Crippen molar-refractivity contribution < 1.29 is 31.5 Å². The highest BCUT2D eigenvalue weighted by molar-refractivity contribution is 7.91. The van der Waals surface area contributed by atoms with Gasteiger partial charge in [-0.15, -0.1) is 0 Å². The van der Waals surface area contributed by atoms with Crippen molar-refractivity contribution in [2.24, 2.45) is 7.05 Å². The summed E-state index contributed by atoms with van der Waals surface area (Å²) in [5.74, 6) is -1.64. The molecule has 29 heavy (non-hydrogen) atoms. The number of aromatic nitrogens is 2. The molecule has 0 unspecified atom stereocenters. The van der Waals surface area contributed by atoms with Crippen LogP contribution in [0.3, 0.4) is 0 Å². The van der Waals surface area contributed by atoms with E-state index >= 15 is 0 Å². The second-order valence-corrected chi connectivity index (χ2v) is 10.7. The topological polar surface area (TPSA) is 145 Å². The quantitative estimate of drug-likeness (QED) is 0.413. The molecule has 0 aliphatic rings. The highest BCUT2D eigenvalue weighted by Gasteiger charge is 2.27. The van der Waals surface area contributed by atoms with E-state index in [0.717, 1.165) is 23.4 Å². The number of ketones is 1. The molecular weight excluding hydrogens is 422 g/mol. The number of hydrogen-bond donors (Lipinski definition) is 2. The molecule has 1 aromatic carbocycles. The number of carbonyl (C=O) groups excluding carboxylic acids is 1. The maximum absolute atomic E-state index is 13.0. The van der Waals surface area contributed by atoms with Crippen molar-refractivity contribution in [1.82, 2.24) is 9.78 Å². The second-order valence-electron chi connectivity index (χ2n) is 6.56. The Bertz CT molecular complexity index is 1140. The summed E-state index contributed by atoms with van der Waals surface area (Å²) in [7, 11) is -4.47. The van der Waals surface area contributed by atoms with Gasteiger partial charge in [0.25, 0.3) is 0 Å². The van der Waals surface area contributed by atoms with E-state index in [-0.39, 0.29) is 46.3 Å². The molecule has 2 N–H and O–H groups in total. The highest BCUT2D eigenvalue weighted by Crippen LogP contribution is 2.32. The number of anilines is 1. The van der Waals surface area contributed by atoms with E-state index in [1.54, 1.807) is 0 Å². The molecular formula is C17H23N3O7S2. The van der Waals surface area contributed by atoms with Crippen LogP contribution >= 0.6 is 0 Å². The van der Waals surface area contributed by atoms with Crippen LogP contribution in [0.25, 0.3) is 0 Å². The summed E-state index contributed by atoms with van der Waals surface area (Å²) < 4.78 is 54.6. The lowest BCUT2D eigenvalue weighted by Gasteiger charge is -2.18. The standard InChI is InChI=1S/C17H23N3O7S2/c1-20-17(22)12(9-19-20)16(21)11-5-6-14(29(4,25)26)15(18-7-8-27-2)13(11)10-28(3,23)24/h5-6,9,18,22H,7-8,10H2,1-4H3. The smallest absolute Gasteiger partial charge is 0.220 e. The van der Waals surface area contributed by atoms with Gasteiger partial charge >= 0.3 is 0 Å². The number of ether oxygens (including phenoxy) is 1. The van der Waals surface area contributed by atoms with E-state index < -0.39 is 31.2 Å². The van der Waals surface area contributed by atoms with E-state index in [4.69, 9.17) is 4.74 Å². The van der Waals surface area contributed by atoms with E-state index in [9.17, 15) is 26.7 Å². The van der Waals surface area contributed by atoms with Crippen LogP contribution in [0, 0.1) is 0 Å². The third-order valence-electron chi connectivity index (χ3n) is 4.09. The van der Waals surface area contributed by atoms with Crippen molar-refractivity contribution >= 4 is 31.1 Å². The fraction of sp³-hybridized carbons (Fsp3) is 0.412. The Morgan fingerprint density at radius 1 is 1.21 bits per heavy atom. The maximum Gasteiger partial charge on any atom is 0.220 e. The third-order valence-corrected chi connectivity index (χ3v) is 6.04. The predicted octanol–water partition coefficient (Wildman–Crippen LogP) is 0.363. The molecule has 160 valence electrons. The van der Waals surface area contributed by atoms with Crippen molar-refractivity contribution in [2.75, 3.05) is 38.1 Å². The molecule has 2 aromatic rings. The Morgan fingerprint density at radius 2 is 1.86 bits per heavy atom. The molecule has 0 amide bonds. The van der Waals surface area contributed by atoms with Gasteiger partial charge in [0.05, 0.1) is 29.1 Å². The summed E-state index contributed by atoms with van der Waals surface area (Å²) in [5.41, 5.74) is -0.160. The van der Waals surface area contributed by atoms with Crippen LogP contribution < -0.4 is 5.32 Å². The van der Waals surface area contributed by atoms with Gasteiger partial charge in [0.15, 0.2) is 25.5 Å². The average Bonchev–Trinajstić information content (AvgIpc) is 2.92. The number of nitrogens with zero attached hydrogens (tertiary/aromatic N) is 2. The molecule has 2 rings (SSSR count). The number of aryl methyl sites for hydroxylation is 1. The lowest BCUT2D eigenvalue weighted by Crippen LogP contribution is -2.18. The van der Waals surface area contributed by atoms with Crippen LogP contribution in [0.15, 0.2) is 23.2 Å². The molecule has 0 saturated heterocycles. The van der Waals surface area contributed by atoms with Gasteiger partial charge in [-0.25, -0.2) is 21.5 Å². The second kappa shape index (κ2) is 8.51. The van der Waals surface area contributed by atoms with Gasteiger partial charge in [0.1, 0.15) is 5.56 Å². The van der Waals surface area contributed by atoms with Crippen molar-refractivity contribution in [2.45, 2.75) is 10.6 Å². The molecule has 0 fully saturated rings. The Labute approximate surface area is 169 Å². The molecule has 0 aliphatic heterocycles. The summed E-state index contributed by atoms with van der Waals surface area (Å²) in [6.45, 7) is 0.411. The zero-order valence-electron chi connectivity index (χ0n) is 16.5. The van der Waals surface area contributed by atoms with E-state index in [1.165, 1.54) is 26.3 Å². The molecule has 10 nitrogen and oxygen atoms in total. The van der Waals surface area contributed by atoms with Gasteiger partial charge in [-0.3, -0.25) is 4.79 Å². The van der Waals surface area contributed by atoms with E-state index in [0.29, 0.717) is 0 Å². The third kappa shape index (κ3) is 5.34. The first kappa shape index (κ1) is 22.8. The van der Waals surface area contributed by atoms with E-state index in [1.807, 2.05) is 0 Å². The summed E-state index contributed by atoms with van der Waals surface area (Å²) in [6, 6.07) is 2.48. The summed E-state index contributed by atoms with van der Waals surface area (Å²) in [4.78, 5) is 12.9. The van der Waals surface area contributed by atoms with Crippen molar-refractivity contribution in [3.63, 3.8) is 0 Å². The first-order chi connectivity index (χ1) is 13.4. The Hall–Kier alpha value is -2.44. The summed E-state index contributed by atoms with van der Waals surface area (Å²) in [6.07, 6.45) is 3.13. The number of aromatic hydroxyl groups is 1. The predicted molar refractivity (Wildman–Crippen MR) is 107 cm³/mol. The Morgan fingerprint density at radius 3 is 2.34 bits per heavy atom. The molecule has 12 heteroatoms. The molecule has 1 heterocycles. The maximum atomic E-state index is 13.0. The zero-order valence-corrected chi connectivity index (χ0v) is 18.1. The molecule has 0 saturated carbocycles. The van der Waals surface area contributed by atoms with Crippen molar-refractivity contribution in [3.8, 4) is 5.88 Å². The Kier molecular flexibility index (Phi) is 6.71. The monoisotopic (exact) mass is 445 g/mol. The number of nitrogens with one attached hydrogen (secondary N) is 1. The number of methoxy groups -OCH3 is 1. The zero-order chi connectivity index (χ0) is 22.0. The lowest BCUT2D eigenvalue weighted by atomic mass is 9.99. The summed E-state index contributed by atoms with van der Waals surface area (Å²) >= 11 is 0. The number of carbonyl (C=O) groups is 1. The van der Waals surface area contributed by atoms with Gasteiger partial charge in [-0.1, -0.05) is 0 Å². The minimum absolute atomic E-state index is 0.000203. The van der Waals surface area contributed by atoms with Gasteiger partial charge < -0.3 is 15.2 Å². The molecule has 1 aromatic heterocycles. The Balaban J connectivity index is 2.77.